The van der Waals surface area contributed by atoms with E-state index in [0.29, 0.717) is 30.2 Å². The predicted octanol–water partition coefficient (Wildman–Crippen LogP) is -0.784. The zero-order valence-corrected chi connectivity index (χ0v) is 18.2. The quantitative estimate of drug-likeness (QED) is 0.339. The molecule has 0 aromatic heterocycles. The summed E-state index contributed by atoms with van der Waals surface area (Å²) in [5.41, 5.74) is 14.9. The average molecular weight is 419 g/mol. The van der Waals surface area contributed by atoms with Crippen LogP contribution in [0.3, 0.4) is 0 Å². The average Bonchev–Trinajstić information content (AvgIpc) is 2.73. The van der Waals surface area contributed by atoms with Gasteiger partial charge in [0.15, 0.2) is 6.10 Å². The van der Waals surface area contributed by atoms with Gasteiger partial charge in [0.2, 0.25) is 0 Å². The van der Waals surface area contributed by atoms with Gasteiger partial charge in [0, 0.05) is 31.9 Å². The molecule has 0 aliphatic carbocycles. The molecule has 0 fully saturated rings. The number of esters is 1. The summed E-state index contributed by atoms with van der Waals surface area (Å²) in [5, 5.41) is 8.93. The summed E-state index contributed by atoms with van der Waals surface area (Å²) in [6.45, 7) is 2.24. The number of aryl methyl sites for hydroxylation is 2. The van der Waals surface area contributed by atoms with Crippen LogP contribution in [0.1, 0.15) is 32.3 Å². The Labute approximate surface area is 198 Å². The fraction of sp³-hybridized carbons (Fsp3) is 0.409. The molecule has 31 heavy (non-hydrogen) atoms. The smallest absolute Gasteiger partial charge is 1.00 e. The topological polar surface area (TPSA) is 117 Å². The Morgan fingerprint density at radius 2 is 1.61 bits per heavy atom. The van der Waals surface area contributed by atoms with Gasteiger partial charge < -0.3 is 32.2 Å². The van der Waals surface area contributed by atoms with E-state index in [1.54, 1.807) is 13.0 Å². The number of benzene rings is 2. The van der Waals surface area contributed by atoms with Crippen LogP contribution >= 0.6 is 0 Å². The Kier molecular flexibility index (Phi) is 10.8. The Hall–Kier alpha value is -2.27. The van der Waals surface area contributed by atoms with E-state index in [1.807, 2.05) is 30.3 Å². The second kappa shape index (κ2) is 12.6. The van der Waals surface area contributed by atoms with Gasteiger partial charge in [-0.05, 0) is 55.9 Å². The first-order valence-corrected chi connectivity index (χ1v) is 9.87. The van der Waals surface area contributed by atoms with E-state index in [9.17, 15) is 4.79 Å². The first kappa shape index (κ1) is 26.8. The van der Waals surface area contributed by atoms with Crippen LogP contribution < -0.4 is 39.8 Å². The summed E-state index contributed by atoms with van der Waals surface area (Å²) in [6, 6.07) is 11.2. The molecule has 9 heteroatoms. The molecular formula is C22H29BLiN2O5. The van der Waals surface area contributed by atoms with Gasteiger partial charge >= 0.3 is 24.8 Å². The van der Waals surface area contributed by atoms with E-state index in [4.69, 9.17) is 30.8 Å². The van der Waals surface area contributed by atoms with Crippen molar-refractivity contribution in [1.29, 1.82) is 0 Å². The normalized spacial score (nSPS) is 18.1. The molecule has 2 aromatic carbocycles. The van der Waals surface area contributed by atoms with Gasteiger partial charge in [-0.15, -0.1) is 0 Å². The second-order valence-corrected chi connectivity index (χ2v) is 7.09. The summed E-state index contributed by atoms with van der Waals surface area (Å²) in [6.07, 6.45) is 2.77. The maximum Gasteiger partial charge on any atom is 1.00 e. The molecule has 2 aromatic rings. The molecule has 4 rings (SSSR count). The minimum absolute atomic E-state index is 0. The zero-order valence-electron chi connectivity index (χ0n) is 19.2. The fourth-order valence-electron chi connectivity index (χ4n) is 3.36. The van der Waals surface area contributed by atoms with E-state index in [-0.39, 0.29) is 47.4 Å². The monoisotopic (exact) mass is 419 g/mol. The number of aliphatic hydroxyl groups excluding tert-OH is 1. The third-order valence-electron chi connectivity index (χ3n) is 4.91. The number of aliphatic hydroxyl groups is 1. The minimum Gasteiger partial charge on any atom is -1.00 e. The van der Waals surface area contributed by atoms with Crippen molar-refractivity contribution < 1.29 is 44.4 Å². The van der Waals surface area contributed by atoms with Crippen molar-refractivity contribution in [3.63, 3.8) is 0 Å². The number of fused-ring (bicyclic) bond motifs is 2. The molecule has 0 saturated heterocycles. The molecule has 2 aliphatic rings. The van der Waals surface area contributed by atoms with Crippen molar-refractivity contribution >= 4 is 25.8 Å². The molecule has 0 saturated carbocycles. The molecule has 5 N–H and O–H groups in total. The molecule has 3 radical (unpaired) electrons. The summed E-state index contributed by atoms with van der Waals surface area (Å²) >= 11 is 0. The molecule has 2 atom stereocenters. The molecule has 0 spiro atoms. The maximum absolute atomic E-state index is 11.5. The van der Waals surface area contributed by atoms with E-state index in [0.717, 1.165) is 30.6 Å². The van der Waals surface area contributed by atoms with Crippen LogP contribution in [0.5, 0.6) is 11.5 Å². The van der Waals surface area contributed by atoms with E-state index in [1.165, 1.54) is 5.56 Å². The third-order valence-corrected chi connectivity index (χ3v) is 4.91. The molecule has 0 amide bonds. The van der Waals surface area contributed by atoms with Gasteiger partial charge in [-0.1, -0.05) is 12.1 Å². The maximum atomic E-state index is 11.5. The summed E-state index contributed by atoms with van der Waals surface area (Å²) < 4.78 is 16.0. The zero-order chi connectivity index (χ0) is 20.8. The van der Waals surface area contributed by atoms with E-state index < -0.39 is 6.10 Å². The van der Waals surface area contributed by atoms with Crippen LogP contribution in [0.15, 0.2) is 36.4 Å². The number of nitrogen functional groups attached to an aromatic ring is 2. The number of hydrogen-bond acceptors (Lipinski definition) is 7. The second-order valence-electron chi connectivity index (χ2n) is 7.09. The Bertz CT molecular complexity index is 874. The van der Waals surface area contributed by atoms with Crippen molar-refractivity contribution in [2.45, 2.75) is 44.8 Å². The van der Waals surface area contributed by atoms with Crippen molar-refractivity contribution in [2.75, 3.05) is 24.7 Å². The van der Waals surface area contributed by atoms with Crippen molar-refractivity contribution in [1.82, 2.24) is 0 Å². The van der Waals surface area contributed by atoms with Gasteiger partial charge in [0.1, 0.15) is 17.6 Å². The van der Waals surface area contributed by atoms with Crippen LogP contribution in [-0.4, -0.2) is 44.9 Å². The first-order chi connectivity index (χ1) is 14.0. The summed E-state index contributed by atoms with van der Waals surface area (Å²) in [7, 11) is 0. The molecule has 2 aliphatic heterocycles. The fourth-order valence-corrected chi connectivity index (χ4v) is 3.36. The van der Waals surface area contributed by atoms with E-state index >= 15 is 0 Å². The molecule has 7 nitrogen and oxygen atoms in total. The van der Waals surface area contributed by atoms with Gasteiger partial charge in [-0.2, -0.15) is 0 Å². The number of anilines is 2. The van der Waals surface area contributed by atoms with E-state index in [2.05, 4.69) is 0 Å². The van der Waals surface area contributed by atoms with Crippen LogP contribution in [0.2, 0.25) is 0 Å². The van der Waals surface area contributed by atoms with Gasteiger partial charge in [-0.3, -0.25) is 0 Å². The Morgan fingerprint density at radius 3 is 2.16 bits per heavy atom. The number of hydrogen-bond donors (Lipinski definition) is 3. The third kappa shape index (κ3) is 7.13. The van der Waals surface area contributed by atoms with Crippen molar-refractivity contribution in [3.05, 3.63) is 47.5 Å². The van der Waals surface area contributed by atoms with Crippen LogP contribution in [0.25, 0.3) is 0 Å². The Morgan fingerprint density at radius 1 is 1.06 bits per heavy atom. The first-order valence-electron chi connectivity index (χ1n) is 9.87. The minimum atomic E-state index is -0.491. The number of nitrogens with two attached hydrogens (primary N) is 2. The Balaban J connectivity index is 0.000000558. The largest absolute Gasteiger partial charge is 1.00 e. The molecule has 2 unspecified atom stereocenters. The van der Waals surface area contributed by atoms with Crippen molar-refractivity contribution in [2.24, 2.45) is 0 Å². The molecular weight excluding hydrogens is 390 g/mol. The number of rotatable bonds is 3. The summed E-state index contributed by atoms with van der Waals surface area (Å²) in [5.74, 6) is 1.23. The van der Waals surface area contributed by atoms with Gasteiger partial charge in [0.05, 0.1) is 13.2 Å². The van der Waals surface area contributed by atoms with Crippen molar-refractivity contribution in [3.8, 4) is 11.5 Å². The predicted molar refractivity (Wildman–Crippen MR) is 118 cm³/mol. The number of carbonyl (C=O) groups excluding carboxylic acids is 1. The molecule has 161 valence electrons. The van der Waals surface area contributed by atoms with Crippen LogP contribution in [0, 0.1) is 0 Å². The van der Waals surface area contributed by atoms with Crippen LogP contribution in [0.4, 0.5) is 11.4 Å². The van der Waals surface area contributed by atoms with Gasteiger partial charge in [-0.25, -0.2) is 4.79 Å². The molecule has 2 heterocycles. The number of ether oxygens (including phenoxy) is 3. The van der Waals surface area contributed by atoms with Crippen LogP contribution in [-0.2, 0) is 22.4 Å². The summed E-state index contributed by atoms with van der Waals surface area (Å²) in [4.78, 5) is 11.5. The molecule has 0 bridgehead atoms. The SMILES string of the molecule is CCOC(=O)C1CCc2ccc(N)cc2O1.Nc1ccc2c(c1)OC(CO)CC2.[B].[H-].[Li+]. The standard InChI is InChI=1S/C12H15NO3.C10H13NO2.B.Li.H/c1-2-15-12(14)10-6-4-8-3-5-9(13)7-11(8)16-10;11-8-3-1-7-2-4-9(6-12)13-10(7)5-8;;;/h3,5,7,10H,2,4,6,13H2,1H3;1,3,5,9,12H,2,4,6,11H2;;;/q;;;+1;-1. The number of carbonyl (C=O) groups is 1. The van der Waals surface area contributed by atoms with Gasteiger partial charge in [0.25, 0.3) is 0 Å².